The van der Waals surface area contributed by atoms with Crippen molar-refractivity contribution in [2.45, 2.75) is 32.0 Å². The van der Waals surface area contributed by atoms with Gasteiger partial charge in [0.1, 0.15) is 0 Å². The van der Waals surface area contributed by atoms with Crippen molar-refractivity contribution in [2.24, 2.45) is 17.8 Å². The van der Waals surface area contributed by atoms with Crippen LogP contribution in [0.4, 0.5) is 0 Å². The van der Waals surface area contributed by atoms with Crippen molar-refractivity contribution >= 4 is 0 Å². The molecular formula is C8H14O2. The van der Waals surface area contributed by atoms with E-state index in [0.29, 0.717) is 5.92 Å². The van der Waals surface area contributed by atoms with Gasteiger partial charge in [-0.15, -0.1) is 0 Å². The van der Waals surface area contributed by atoms with Gasteiger partial charge in [-0.3, -0.25) is 0 Å². The van der Waals surface area contributed by atoms with Gasteiger partial charge in [0, 0.05) is 5.92 Å². The largest absolute Gasteiger partial charge is 0.393 e. The zero-order valence-corrected chi connectivity index (χ0v) is 6.20. The molecule has 2 rings (SSSR count). The van der Waals surface area contributed by atoms with Crippen LogP contribution in [0.5, 0.6) is 0 Å². The van der Waals surface area contributed by atoms with Crippen molar-refractivity contribution in [2.75, 3.05) is 0 Å². The number of fused-ring (bicyclic) bond motifs is 1. The Morgan fingerprint density at radius 2 is 2.10 bits per heavy atom. The first-order chi connectivity index (χ1) is 4.70. The lowest BCUT2D eigenvalue weighted by Gasteiger charge is -2.19. The summed E-state index contributed by atoms with van der Waals surface area (Å²) in [4.78, 5) is 0. The quantitative estimate of drug-likeness (QED) is 0.556. The molecule has 2 aliphatic carbocycles. The molecule has 2 saturated carbocycles. The fraction of sp³-hybridized carbons (Fsp3) is 1.00. The SMILES string of the molecule is CC(O)[C@H]1[C@H]2C[C@H]2C[C@H]1O. The predicted octanol–water partition coefficient (Wildman–Crippen LogP) is 0.384. The molecule has 2 nitrogen and oxygen atoms in total. The van der Waals surface area contributed by atoms with Gasteiger partial charge in [-0.1, -0.05) is 0 Å². The van der Waals surface area contributed by atoms with Crippen molar-refractivity contribution in [3.05, 3.63) is 0 Å². The highest BCUT2D eigenvalue weighted by atomic mass is 16.3. The maximum atomic E-state index is 9.40. The second kappa shape index (κ2) is 1.95. The number of hydrogen-bond donors (Lipinski definition) is 2. The van der Waals surface area contributed by atoms with E-state index in [4.69, 9.17) is 0 Å². The van der Waals surface area contributed by atoms with Crippen LogP contribution in [0.1, 0.15) is 19.8 Å². The first-order valence-corrected chi connectivity index (χ1v) is 4.06. The molecular weight excluding hydrogens is 128 g/mol. The summed E-state index contributed by atoms with van der Waals surface area (Å²) >= 11 is 0. The predicted molar refractivity (Wildman–Crippen MR) is 37.4 cm³/mol. The third-order valence-corrected chi connectivity index (χ3v) is 3.02. The molecule has 0 aliphatic heterocycles. The molecule has 0 aromatic heterocycles. The second-order valence-electron chi connectivity index (χ2n) is 3.78. The van der Waals surface area contributed by atoms with Gasteiger partial charge in [-0.05, 0) is 31.6 Å². The first kappa shape index (κ1) is 6.62. The molecule has 0 saturated heterocycles. The third kappa shape index (κ3) is 0.789. The second-order valence-corrected chi connectivity index (χ2v) is 3.78. The fourth-order valence-electron chi connectivity index (χ4n) is 2.45. The van der Waals surface area contributed by atoms with Gasteiger partial charge in [0.25, 0.3) is 0 Å². The zero-order valence-electron chi connectivity index (χ0n) is 6.20. The van der Waals surface area contributed by atoms with Crippen LogP contribution in [0.15, 0.2) is 0 Å². The standard InChI is InChI=1S/C8H14O2/c1-4(9)8-6-2-5(6)3-7(8)10/h4-10H,2-3H2,1H3/t4?,5-,6-,7+,8-/m0/s1. The van der Waals surface area contributed by atoms with E-state index in [0.717, 1.165) is 12.3 Å². The van der Waals surface area contributed by atoms with E-state index in [2.05, 4.69) is 0 Å². The highest BCUT2D eigenvalue weighted by Gasteiger charge is 2.54. The maximum absolute atomic E-state index is 9.40. The summed E-state index contributed by atoms with van der Waals surface area (Å²) < 4.78 is 0. The van der Waals surface area contributed by atoms with E-state index in [1.54, 1.807) is 6.92 Å². The van der Waals surface area contributed by atoms with Gasteiger partial charge in [-0.2, -0.15) is 0 Å². The van der Waals surface area contributed by atoms with Crippen molar-refractivity contribution in [1.29, 1.82) is 0 Å². The molecule has 2 aliphatic rings. The van der Waals surface area contributed by atoms with Crippen molar-refractivity contribution in [3.63, 3.8) is 0 Å². The molecule has 5 atom stereocenters. The molecule has 0 bridgehead atoms. The van der Waals surface area contributed by atoms with Gasteiger partial charge < -0.3 is 10.2 Å². The van der Waals surface area contributed by atoms with Crippen LogP contribution < -0.4 is 0 Å². The van der Waals surface area contributed by atoms with Gasteiger partial charge in [0.2, 0.25) is 0 Å². The highest BCUT2D eigenvalue weighted by Crippen LogP contribution is 2.56. The average molecular weight is 142 g/mol. The molecule has 1 unspecified atom stereocenters. The molecule has 2 fully saturated rings. The molecule has 0 spiro atoms. The third-order valence-electron chi connectivity index (χ3n) is 3.02. The monoisotopic (exact) mass is 142 g/mol. The van der Waals surface area contributed by atoms with Gasteiger partial charge in [0.05, 0.1) is 12.2 Å². The first-order valence-electron chi connectivity index (χ1n) is 4.06. The molecule has 0 aromatic rings. The summed E-state index contributed by atoms with van der Waals surface area (Å²) in [5, 5.41) is 18.7. The Labute approximate surface area is 60.9 Å². The maximum Gasteiger partial charge on any atom is 0.0598 e. The van der Waals surface area contributed by atoms with Gasteiger partial charge in [-0.25, -0.2) is 0 Å². The number of hydrogen-bond acceptors (Lipinski definition) is 2. The number of aliphatic hydroxyl groups excluding tert-OH is 2. The minimum absolute atomic E-state index is 0.185. The lowest BCUT2D eigenvalue weighted by molar-refractivity contribution is 0.0263. The zero-order chi connectivity index (χ0) is 7.30. The lowest BCUT2D eigenvalue weighted by atomic mass is 9.95. The molecule has 2 heteroatoms. The van der Waals surface area contributed by atoms with Crippen molar-refractivity contribution in [1.82, 2.24) is 0 Å². The van der Waals surface area contributed by atoms with E-state index >= 15 is 0 Å². The Kier molecular flexibility index (Phi) is 1.29. The summed E-state index contributed by atoms with van der Waals surface area (Å²) in [6.07, 6.45) is 1.64. The normalized spacial score (nSPS) is 54.3. The molecule has 0 amide bonds. The average Bonchev–Trinajstić information content (AvgIpc) is 2.42. The van der Waals surface area contributed by atoms with Crippen LogP contribution in [0.3, 0.4) is 0 Å². The summed E-state index contributed by atoms with van der Waals surface area (Å²) in [5.74, 6) is 1.58. The molecule has 2 N–H and O–H groups in total. The Bertz CT molecular complexity index is 142. The number of rotatable bonds is 1. The minimum Gasteiger partial charge on any atom is -0.393 e. The van der Waals surface area contributed by atoms with E-state index < -0.39 is 0 Å². The van der Waals surface area contributed by atoms with E-state index in [1.807, 2.05) is 0 Å². The van der Waals surface area contributed by atoms with Crippen LogP contribution in [-0.2, 0) is 0 Å². The summed E-state index contributed by atoms with van der Waals surface area (Å²) in [5.41, 5.74) is 0. The van der Waals surface area contributed by atoms with Crippen LogP contribution in [-0.4, -0.2) is 22.4 Å². The Balaban J connectivity index is 2.05. The van der Waals surface area contributed by atoms with Gasteiger partial charge >= 0.3 is 0 Å². The Hall–Kier alpha value is -0.0800. The van der Waals surface area contributed by atoms with Crippen molar-refractivity contribution < 1.29 is 10.2 Å². The molecule has 0 heterocycles. The molecule has 0 radical (unpaired) electrons. The lowest BCUT2D eigenvalue weighted by Crippen LogP contribution is -2.27. The molecule has 10 heavy (non-hydrogen) atoms. The molecule has 58 valence electrons. The highest BCUT2D eigenvalue weighted by molar-refractivity contribution is 5.03. The van der Waals surface area contributed by atoms with E-state index in [9.17, 15) is 10.2 Å². The summed E-state index contributed by atoms with van der Waals surface area (Å²) in [7, 11) is 0. The van der Waals surface area contributed by atoms with Crippen molar-refractivity contribution in [3.8, 4) is 0 Å². The summed E-state index contributed by atoms with van der Waals surface area (Å²) in [6.45, 7) is 1.79. The smallest absolute Gasteiger partial charge is 0.0598 e. The van der Waals surface area contributed by atoms with E-state index in [1.165, 1.54) is 6.42 Å². The van der Waals surface area contributed by atoms with Crippen LogP contribution in [0.2, 0.25) is 0 Å². The Morgan fingerprint density at radius 3 is 2.40 bits per heavy atom. The fourth-order valence-corrected chi connectivity index (χ4v) is 2.45. The minimum atomic E-state index is -0.313. The number of aliphatic hydroxyl groups is 2. The van der Waals surface area contributed by atoms with E-state index in [-0.39, 0.29) is 18.1 Å². The molecule has 0 aromatic carbocycles. The Morgan fingerprint density at radius 1 is 1.40 bits per heavy atom. The summed E-state index contributed by atoms with van der Waals surface area (Å²) in [6, 6.07) is 0. The van der Waals surface area contributed by atoms with Crippen LogP contribution in [0.25, 0.3) is 0 Å². The van der Waals surface area contributed by atoms with Gasteiger partial charge in [0.15, 0.2) is 0 Å². The van der Waals surface area contributed by atoms with Crippen LogP contribution >= 0.6 is 0 Å². The van der Waals surface area contributed by atoms with Crippen LogP contribution in [0, 0.1) is 17.8 Å². The topological polar surface area (TPSA) is 40.5 Å².